The average molecular weight is 442 g/mol. The molecule has 0 spiro atoms. The zero-order chi connectivity index (χ0) is 16.3. The Kier molecular flexibility index (Phi) is 10.1. The van der Waals surface area contributed by atoms with E-state index in [1.807, 2.05) is 36.5 Å². The molecule has 2 rings (SSSR count). The van der Waals surface area contributed by atoms with Gasteiger partial charge in [0.25, 0.3) is 0 Å². The van der Waals surface area contributed by atoms with Crippen molar-refractivity contribution < 1.29 is 4.42 Å². The molecule has 1 atom stereocenters. The van der Waals surface area contributed by atoms with Crippen LogP contribution in [0.25, 0.3) is 0 Å². The number of hydrogen-bond donors (Lipinski definition) is 2. The van der Waals surface area contributed by atoms with Crippen LogP contribution in [0.1, 0.15) is 31.7 Å². The molecule has 1 unspecified atom stereocenters. The minimum absolute atomic E-state index is 0. The van der Waals surface area contributed by atoms with Crippen molar-refractivity contribution in [2.24, 2.45) is 4.99 Å². The van der Waals surface area contributed by atoms with Crippen LogP contribution in [0, 0.1) is 0 Å². The zero-order valence-electron chi connectivity index (χ0n) is 14.4. The maximum atomic E-state index is 5.34. The van der Waals surface area contributed by atoms with Crippen molar-refractivity contribution >= 4 is 29.9 Å². The molecular formula is C18H27IN4O. The third-order valence-corrected chi connectivity index (χ3v) is 3.60. The first-order valence-corrected chi connectivity index (χ1v) is 8.25. The van der Waals surface area contributed by atoms with Gasteiger partial charge < -0.3 is 15.1 Å². The van der Waals surface area contributed by atoms with E-state index in [1.165, 1.54) is 0 Å². The van der Waals surface area contributed by atoms with Gasteiger partial charge in [0, 0.05) is 43.9 Å². The largest absolute Gasteiger partial charge is 0.469 e. The van der Waals surface area contributed by atoms with Crippen LogP contribution in [0.15, 0.2) is 52.2 Å². The normalized spacial score (nSPS) is 12.3. The van der Waals surface area contributed by atoms with E-state index in [2.05, 4.69) is 34.5 Å². The summed E-state index contributed by atoms with van der Waals surface area (Å²) in [5, 5.41) is 6.80. The minimum atomic E-state index is 0. The summed E-state index contributed by atoms with van der Waals surface area (Å²) in [4.78, 5) is 8.97. The maximum Gasteiger partial charge on any atom is 0.191 e. The molecule has 0 fully saturated rings. The first-order valence-electron chi connectivity index (χ1n) is 8.25. The van der Waals surface area contributed by atoms with Crippen molar-refractivity contribution in [1.82, 2.24) is 15.6 Å². The highest BCUT2D eigenvalue weighted by molar-refractivity contribution is 14.0. The van der Waals surface area contributed by atoms with Gasteiger partial charge >= 0.3 is 0 Å². The second-order valence-corrected chi connectivity index (χ2v) is 5.51. The number of furan rings is 1. The third kappa shape index (κ3) is 7.81. The number of guanidine groups is 1. The van der Waals surface area contributed by atoms with E-state index in [1.54, 1.807) is 6.26 Å². The Balaban J connectivity index is 0.00000288. The molecule has 0 aliphatic carbocycles. The van der Waals surface area contributed by atoms with Gasteiger partial charge in [0.15, 0.2) is 5.96 Å². The predicted molar refractivity (Wildman–Crippen MR) is 109 cm³/mol. The first-order chi connectivity index (χ1) is 11.3. The second-order valence-electron chi connectivity index (χ2n) is 5.51. The molecule has 6 heteroatoms. The van der Waals surface area contributed by atoms with Crippen LogP contribution in [-0.4, -0.2) is 30.1 Å². The van der Waals surface area contributed by atoms with Gasteiger partial charge in [-0.1, -0.05) is 13.0 Å². The number of halogens is 1. The Morgan fingerprint density at radius 1 is 1.25 bits per heavy atom. The summed E-state index contributed by atoms with van der Waals surface area (Å²) in [6.07, 6.45) is 6.26. The van der Waals surface area contributed by atoms with Crippen LogP contribution < -0.4 is 10.6 Å². The molecule has 2 heterocycles. The predicted octanol–water partition coefficient (Wildman–Crippen LogP) is 3.41. The molecule has 0 amide bonds. The maximum absolute atomic E-state index is 5.34. The van der Waals surface area contributed by atoms with E-state index in [0.717, 1.165) is 43.2 Å². The van der Waals surface area contributed by atoms with Gasteiger partial charge in [0.1, 0.15) is 5.76 Å². The standard InChI is InChI=1S/C18H26N4O.HI/c1-3-15(2)22-18(21-13-10-17-8-6-14-23-17)20-12-9-16-7-4-5-11-19-16;/h4-8,11,14-15H,3,9-10,12-13H2,1-2H3,(H2,20,21,22);1H. The number of nitrogens with zero attached hydrogens (tertiary/aromatic N) is 2. The lowest BCUT2D eigenvalue weighted by atomic mass is 10.2. The molecule has 0 radical (unpaired) electrons. The molecule has 0 bridgehead atoms. The van der Waals surface area contributed by atoms with Crippen molar-refractivity contribution in [3.05, 3.63) is 54.2 Å². The van der Waals surface area contributed by atoms with Crippen LogP contribution in [0.2, 0.25) is 0 Å². The molecular weight excluding hydrogens is 415 g/mol. The van der Waals surface area contributed by atoms with Crippen molar-refractivity contribution in [2.45, 2.75) is 39.2 Å². The highest BCUT2D eigenvalue weighted by Crippen LogP contribution is 2.01. The van der Waals surface area contributed by atoms with Gasteiger partial charge in [-0.05, 0) is 37.6 Å². The molecule has 0 aliphatic heterocycles. The third-order valence-electron chi connectivity index (χ3n) is 3.60. The summed E-state index contributed by atoms with van der Waals surface area (Å²) in [5.41, 5.74) is 1.08. The van der Waals surface area contributed by atoms with E-state index < -0.39 is 0 Å². The Labute approximate surface area is 161 Å². The minimum Gasteiger partial charge on any atom is -0.469 e. The van der Waals surface area contributed by atoms with Gasteiger partial charge in [0.2, 0.25) is 0 Å². The monoisotopic (exact) mass is 442 g/mol. The SMILES string of the molecule is CCC(C)NC(=NCCc1ccco1)NCCc1ccccn1.I. The van der Waals surface area contributed by atoms with E-state index in [0.29, 0.717) is 12.6 Å². The lowest BCUT2D eigenvalue weighted by molar-refractivity contribution is 0.510. The van der Waals surface area contributed by atoms with Crippen LogP contribution in [0.4, 0.5) is 0 Å². The number of pyridine rings is 1. The smallest absolute Gasteiger partial charge is 0.191 e. The number of aromatic nitrogens is 1. The van der Waals surface area contributed by atoms with Crippen LogP contribution in [0.3, 0.4) is 0 Å². The lowest BCUT2D eigenvalue weighted by Gasteiger charge is -2.17. The van der Waals surface area contributed by atoms with Gasteiger partial charge in [-0.3, -0.25) is 9.98 Å². The number of aliphatic imine (C=N–C) groups is 1. The zero-order valence-corrected chi connectivity index (χ0v) is 16.7. The fourth-order valence-corrected chi connectivity index (χ4v) is 2.08. The topological polar surface area (TPSA) is 62.5 Å². The van der Waals surface area contributed by atoms with Crippen LogP contribution in [-0.2, 0) is 12.8 Å². The average Bonchev–Trinajstić information content (AvgIpc) is 3.09. The molecule has 0 aromatic carbocycles. The molecule has 132 valence electrons. The number of nitrogens with one attached hydrogen (secondary N) is 2. The van der Waals surface area contributed by atoms with Crippen molar-refractivity contribution in [3.8, 4) is 0 Å². The fraction of sp³-hybridized carbons (Fsp3) is 0.444. The summed E-state index contributed by atoms with van der Waals surface area (Å²) in [5.74, 6) is 1.81. The summed E-state index contributed by atoms with van der Waals surface area (Å²) in [6.45, 7) is 5.82. The van der Waals surface area contributed by atoms with E-state index >= 15 is 0 Å². The number of rotatable bonds is 8. The molecule has 2 aromatic rings. The quantitative estimate of drug-likeness (QED) is 0.374. The molecule has 0 saturated heterocycles. The van der Waals surface area contributed by atoms with Gasteiger partial charge in [-0.15, -0.1) is 24.0 Å². The van der Waals surface area contributed by atoms with E-state index in [9.17, 15) is 0 Å². The fourth-order valence-electron chi connectivity index (χ4n) is 2.08. The molecule has 24 heavy (non-hydrogen) atoms. The summed E-state index contributed by atoms with van der Waals surface area (Å²) >= 11 is 0. The highest BCUT2D eigenvalue weighted by Gasteiger charge is 2.04. The van der Waals surface area contributed by atoms with Crippen molar-refractivity contribution in [3.63, 3.8) is 0 Å². The molecule has 5 nitrogen and oxygen atoms in total. The van der Waals surface area contributed by atoms with Gasteiger partial charge in [-0.25, -0.2) is 0 Å². The Morgan fingerprint density at radius 3 is 2.79 bits per heavy atom. The summed E-state index contributed by atoms with van der Waals surface area (Å²) in [7, 11) is 0. The molecule has 0 saturated carbocycles. The van der Waals surface area contributed by atoms with Crippen LogP contribution in [0.5, 0.6) is 0 Å². The van der Waals surface area contributed by atoms with E-state index in [-0.39, 0.29) is 24.0 Å². The van der Waals surface area contributed by atoms with Gasteiger partial charge in [0.05, 0.1) is 6.26 Å². The van der Waals surface area contributed by atoms with E-state index in [4.69, 9.17) is 4.42 Å². The molecule has 0 aliphatic rings. The Hall–Kier alpha value is -1.57. The Bertz CT molecular complexity index is 572. The summed E-state index contributed by atoms with van der Waals surface area (Å²) in [6, 6.07) is 10.3. The molecule has 2 aromatic heterocycles. The van der Waals surface area contributed by atoms with Crippen LogP contribution >= 0.6 is 24.0 Å². The first kappa shape index (κ1) is 20.5. The Morgan fingerprint density at radius 2 is 2.12 bits per heavy atom. The second kappa shape index (κ2) is 11.9. The molecule has 2 N–H and O–H groups in total. The van der Waals surface area contributed by atoms with Gasteiger partial charge in [-0.2, -0.15) is 0 Å². The van der Waals surface area contributed by atoms with Crippen molar-refractivity contribution in [1.29, 1.82) is 0 Å². The summed E-state index contributed by atoms with van der Waals surface area (Å²) < 4.78 is 5.34. The lowest BCUT2D eigenvalue weighted by Crippen LogP contribution is -2.43. The highest BCUT2D eigenvalue weighted by atomic mass is 127. The van der Waals surface area contributed by atoms with Crippen molar-refractivity contribution in [2.75, 3.05) is 13.1 Å². The number of hydrogen-bond acceptors (Lipinski definition) is 3.